The summed E-state index contributed by atoms with van der Waals surface area (Å²) in [6.45, 7) is 3.95. The van der Waals surface area contributed by atoms with Gasteiger partial charge >= 0.3 is 5.97 Å². The van der Waals surface area contributed by atoms with Crippen molar-refractivity contribution in [3.05, 3.63) is 71.4 Å². The number of amides is 1. The number of aliphatic carboxylic acids is 1. The Hall–Kier alpha value is -3.65. The molecule has 0 saturated heterocycles. The van der Waals surface area contributed by atoms with Gasteiger partial charge in [0.15, 0.2) is 17.6 Å². The van der Waals surface area contributed by atoms with Crippen LogP contribution in [0.25, 0.3) is 11.3 Å². The van der Waals surface area contributed by atoms with Crippen molar-refractivity contribution in [2.75, 3.05) is 13.7 Å². The van der Waals surface area contributed by atoms with Crippen LogP contribution in [0.1, 0.15) is 35.5 Å². The minimum atomic E-state index is -1.00. The Morgan fingerprint density at radius 2 is 1.88 bits per heavy atom. The standard InChI is InChI=1S/C25H28N2O6/c1-16(2)32-23(25(29)30)14-17-9-10-21(31-3)19(13-17)11-12-26-24(28)20-15-22(33-27-20)18-7-5-4-6-8-18/h4-10,13,15-16,23H,11-12,14H2,1-3H3,(H,26,28)(H,29,30). The van der Waals surface area contributed by atoms with E-state index in [0.717, 1.165) is 16.7 Å². The largest absolute Gasteiger partial charge is 0.496 e. The number of methoxy groups -OCH3 is 1. The number of ether oxygens (including phenoxy) is 2. The molecule has 0 aliphatic rings. The van der Waals surface area contributed by atoms with Crippen molar-refractivity contribution < 1.29 is 28.7 Å². The Labute approximate surface area is 192 Å². The molecule has 1 atom stereocenters. The van der Waals surface area contributed by atoms with Crippen LogP contribution < -0.4 is 10.1 Å². The van der Waals surface area contributed by atoms with Crippen LogP contribution in [0.5, 0.6) is 5.75 Å². The summed E-state index contributed by atoms with van der Waals surface area (Å²) in [5, 5.41) is 16.1. The molecular formula is C25H28N2O6. The van der Waals surface area contributed by atoms with Gasteiger partial charge in [-0.15, -0.1) is 0 Å². The van der Waals surface area contributed by atoms with E-state index in [1.807, 2.05) is 42.5 Å². The van der Waals surface area contributed by atoms with E-state index >= 15 is 0 Å². The summed E-state index contributed by atoms with van der Waals surface area (Å²) in [5.74, 6) is -0.160. The minimum absolute atomic E-state index is 0.196. The number of rotatable bonds is 11. The van der Waals surface area contributed by atoms with Crippen LogP contribution in [-0.4, -0.2) is 48.0 Å². The number of hydrogen-bond acceptors (Lipinski definition) is 6. The fraction of sp³-hybridized carbons (Fsp3) is 0.320. The highest BCUT2D eigenvalue weighted by atomic mass is 16.5. The Kier molecular flexibility index (Phi) is 8.21. The lowest BCUT2D eigenvalue weighted by Crippen LogP contribution is -2.29. The third-order valence-corrected chi connectivity index (χ3v) is 4.96. The van der Waals surface area contributed by atoms with Crippen LogP contribution in [0.2, 0.25) is 0 Å². The minimum Gasteiger partial charge on any atom is -0.496 e. The van der Waals surface area contributed by atoms with E-state index in [1.54, 1.807) is 33.1 Å². The number of benzene rings is 2. The lowest BCUT2D eigenvalue weighted by Gasteiger charge is -2.17. The second kappa shape index (κ2) is 11.3. The average molecular weight is 453 g/mol. The second-order valence-corrected chi connectivity index (χ2v) is 7.81. The van der Waals surface area contributed by atoms with Gasteiger partial charge in [-0.3, -0.25) is 4.79 Å². The van der Waals surface area contributed by atoms with Crippen molar-refractivity contribution in [1.82, 2.24) is 10.5 Å². The summed E-state index contributed by atoms with van der Waals surface area (Å²) < 4.78 is 16.2. The monoisotopic (exact) mass is 452 g/mol. The maximum atomic E-state index is 12.5. The molecule has 8 nitrogen and oxygen atoms in total. The number of aromatic nitrogens is 1. The highest BCUT2D eigenvalue weighted by molar-refractivity contribution is 5.93. The van der Waals surface area contributed by atoms with Crippen molar-refractivity contribution in [2.45, 2.75) is 38.9 Å². The Morgan fingerprint density at radius 1 is 1.12 bits per heavy atom. The zero-order chi connectivity index (χ0) is 23.8. The molecule has 1 heterocycles. The van der Waals surface area contributed by atoms with Crippen LogP contribution in [-0.2, 0) is 22.4 Å². The number of carbonyl (C=O) groups is 2. The van der Waals surface area contributed by atoms with Gasteiger partial charge in [-0.05, 0) is 37.5 Å². The predicted octanol–water partition coefficient (Wildman–Crippen LogP) is 3.74. The molecule has 0 aliphatic carbocycles. The van der Waals surface area contributed by atoms with Gasteiger partial charge in [0, 0.05) is 24.6 Å². The topological polar surface area (TPSA) is 111 Å². The van der Waals surface area contributed by atoms with Crippen LogP contribution in [0.4, 0.5) is 0 Å². The number of carbonyl (C=O) groups excluding carboxylic acids is 1. The third kappa shape index (κ3) is 6.66. The highest BCUT2D eigenvalue weighted by Crippen LogP contribution is 2.22. The molecule has 0 spiro atoms. The molecule has 174 valence electrons. The normalized spacial score (nSPS) is 11.9. The summed E-state index contributed by atoms with van der Waals surface area (Å²) >= 11 is 0. The first kappa shape index (κ1) is 24.0. The Bertz CT molecular complexity index is 1080. The van der Waals surface area contributed by atoms with Crippen LogP contribution in [0, 0.1) is 0 Å². The van der Waals surface area contributed by atoms with Crippen LogP contribution >= 0.6 is 0 Å². The molecule has 2 aromatic carbocycles. The van der Waals surface area contributed by atoms with Crippen LogP contribution in [0.3, 0.4) is 0 Å². The SMILES string of the molecule is COc1ccc(CC(OC(C)C)C(=O)O)cc1CCNC(=O)c1cc(-c2ccccc2)on1. The molecule has 0 saturated carbocycles. The molecule has 1 aromatic heterocycles. The third-order valence-electron chi connectivity index (χ3n) is 4.96. The first-order valence-corrected chi connectivity index (χ1v) is 10.7. The van der Waals surface area contributed by atoms with Gasteiger partial charge in [0.25, 0.3) is 5.91 Å². The second-order valence-electron chi connectivity index (χ2n) is 7.81. The van der Waals surface area contributed by atoms with E-state index in [1.165, 1.54) is 0 Å². The van der Waals surface area contributed by atoms with E-state index in [4.69, 9.17) is 14.0 Å². The van der Waals surface area contributed by atoms with E-state index in [2.05, 4.69) is 10.5 Å². The molecule has 3 aromatic rings. The maximum absolute atomic E-state index is 12.5. The molecule has 0 bridgehead atoms. The first-order chi connectivity index (χ1) is 15.9. The molecule has 8 heteroatoms. The van der Waals surface area contributed by atoms with Gasteiger partial charge in [-0.1, -0.05) is 47.6 Å². The van der Waals surface area contributed by atoms with E-state index in [9.17, 15) is 14.7 Å². The zero-order valence-electron chi connectivity index (χ0n) is 18.9. The Morgan fingerprint density at radius 3 is 2.55 bits per heavy atom. The molecule has 3 rings (SSSR count). The van der Waals surface area contributed by atoms with E-state index < -0.39 is 12.1 Å². The zero-order valence-corrected chi connectivity index (χ0v) is 18.9. The van der Waals surface area contributed by atoms with Gasteiger partial charge in [0.2, 0.25) is 0 Å². The summed E-state index contributed by atoms with van der Waals surface area (Å²) in [6.07, 6.45) is -0.401. The number of carboxylic acid groups (broad SMARTS) is 1. The molecular weight excluding hydrogens is 424 g/mol. The number of nitrogens with zero attached hydrogens (tertiary/aromatic N) is 1. The fourth-order valence-corrected chi connectivity index (χ4v) is 3.41. The maximum Gasteiger partial charge on any atom is 0.333 e. The molecule has 0 aliphatic heterocycles. The quantitative estimate of drug-likeness (QED) is 0.456. The van der Waals surface area contributed by atoms with Crippen molar-refractivity contribution in [2.24, 2.45) is 0 Å². The predicted molar refractivity (Wildman–Crippen MR) is 122 cm³/mol. The van der Waals surface area contributed by atoms with Gasteiger partial charge in [0.1, 0.15) is 5.75 Å². The van der Waals surface area contributed by atoms with Gasteiger partial charge in [-0.2, -0.15) is 0 Å². The lowest BCUT2D eigenvalue weighted by molar-refractivity contribution is -0.153. The lowest BCUT2D eigenvalue weighted by atomic mass is 10.0. The summed E-state index contributed by atoms with van der Waals surface area (Å²) in [7, 11) is 1.57. The van der Waals surface area contributed by atoms with Crippen molar-refractivity contribution in [3.63, 3.8) is 0 Å². The summed E-state index contributed by atoms with van der Waals surface area (Å²) in [6, 6.07) is 16.5. The van der Waals surface area contributed by atoms with Crippen molar-refractivity contribution >= 4 is 11.9 Å². The van der Waals surface area contributed by atoms with Gasteiger partial charge in [-0.25, -0.2) is 4.79 Å². The van der Waals surface area contributed by atoms with E-state index in [-0.39, 0.29) is 24.1 Å². The molecule has 1 amide bonds. The highest BCUT2D eigenvalue weighted by Gasteiger charge is 2.21. The van der Waals surface area contributed by atoms with Crippen molar-refractivity contribution in [1.29, 1.82) is 0 Å². The van der Waals surface area contributed by atoms with Crippen LogP contribution in [0.15, 0.2) is 59.1 Å². The Balaban J connectivity index is 1.62. The molecule has 0 radical (unpaired) electrons. The van der Waals surface area contributed by atoms with Gasteiger partial charge in [0.05, 0.1) is 13.2 Å². The van der Waals surface area contributed by atoms with E-state index in [0.29, 0.717) is 24.5 Å². The molecule has 2 N–H and O–H groups in total. The molecule has 33 heavy (non-hydrogen) atoms. The number of hydrogen-bond donors (Lipinski definition) is 2. The average Bonchev–Trinajstić information content (AvgIpc) is 3.29. The summed E-state index contributed by atoms with van der Waals surface area (Å²) in [4.78, 5) is 24.0. The fourth-order valence-electron chi connectivity index (χ4n) is 3.41. The number of nitrogens with one attached hydrogen (secondary N) is 1. The van der Waals surface area contributed by atoms with Crippen molar-refractivity contribution in [3.8, 4) is 17.1 Å². The van der Waals surface area contributed by atoms with Gasteiger partial charge < -0.3 is 24.4 Å². The summed E-state index contributed by atoms with van der Waals surface area (Å²) in [5.41, 5.74) is 2.71. The molecule has 0 fully saturated rings. The number of carboxylic acids is 1. The first-order valence-electron chi connectivity index (χ1n) is 10.7. The molecule has 1 unspecified atom stereocenters. The smallest absolute Gasteiger partial charge is 0.333 e.